The summed E-state index contributed by atoms with van der Waals surface area (Å²) in [6.07, 6.45) is 9.13. The third kappa shape index (κ3) is 2.68. The van der Waals surface area contributed by atoms with Crippen LogP contribution in [0.2, 0.25) is 0 Å². The van der Waals surface area contributed by atoms with Crippen molar-refractivity contribution in [1.29, 1.82) is 5.26 Å². The fourth-order valence-electron chi connectivity index (χ4n) is 4.60. The number of pyridine rings is 1. The Morgan fingerprint density at radius 2 is 2.11 bits per heavy atom. The standard InChI is InChI=1S/C19H19N7OS/c20-7-13-8-24-19(28-13)26-11-1-2-12(26)6-10(5-11)25-16-14-3-4-22-18(14)23-9-15(16)17(21)27/h3-4,8-12H,1-2,5-6H2,(H2,21,27)(H2,22,23,25)/t10-,11-,12+. The van der Waals surface area contributed by atoms with Crippen molar-refractivity contribution in [3.63, 3.8) is 0 Å². The number of rotatable bonds is 4. The molecule has 0 saturated carbocycles. The summed E-state index contributed by atoms with van der Waals surface area (Å²) in [7, 11) is 0. The zero-order chi connectivity index (χ0) is 19.3. The van der Waals surface area contributed by atoms with Gasteiger partial charge in [-0.1, -0.05) is 11.3 Å². The van der Waals surface area contributed by atoms with Gasteiger partial charge in [0.1, 0.15) is 16.6 Å². The lowest BCUT2D eigenvalue weighted by Crippen LogP contribution is -2.47. The van der Waals surface area contributed by atoms with Gasteiger partial charge in [0, 0.05) is 35.9 Å². The normalized spacial score (nSPS) is 23.7. The first-order chi connectivity index (χ1) is 13.6. The lowest BCUT2D eigenvalue weighted by molar-refractivity contribution is 0.100. The van der Waals surface area contributed by atoms with E-state index in [-0.39, 0.29) is 6.04 Å². The number of hydrogen-bond donors (Lipinski definition) is 3. The number of nitrogens with two attached hydrogens (primary N) is 1. The molecule has 2 aliphatic rings. The number of amides is 1. The fraction of sp³-hybridized carbons (Fsp3) is 0.368. The van der Waals surface area contributed by atoms with E-state index in [0.717, 1.165) is 47.5 Å². The Bertz CT molecular complexity index is 1080. The molecule has 2 fully saturated rings. The number of thiazole rings is 1. The Kier molecular flexibility index (Phi) is 3.94. The molecule has 0 aliphatic carbocycles. The number of carbonyl (C=O) groups excluding carboxylic acids is 1. The van der Waals surface area contributed by atoms with Crippen LogP contribution in [0.4, 0.5) is 10.8 Å². The maximum atomic E-state index is 11.9. The minimum absolute atomic E-state index is 0.239. The third-order valence-corrected chi connectivity index (χ3v) is 6.67. The molecule has 9 heteroatoms. The van der Waals surface area contributed by atoms with Gasteiger partial charge in [-0.3, -0.25) is 4.79 Å². The molecular formula is C19H19N7OS. The van der Waals surface area contributed by atoms with E-state index in [1.807, 2.05) is 12.3 Å². The molecule has 3 aromatic heterocycles. The van der Waals surface area contributed by atoms with Crippen LogP contribution >= 0.6 is 11.3 Å². The average molecular weight is 393 g/mol. The van der Waals surface area contributed by atoms with Crippen LogP contribution < -0.4 is 16.0 Å². The minimum Gasteiger partial charge on any atom is -0.381 e. The average Bonchev–Trinajstić information content (AvgIpc) is 3.39. The van der Waals surface area contributed by atoms with Gasteiger partial charge in [-0.15, -0.1) is 0 Å². The highest BCUT2D eigenvalue weighted by molar-refractivity contribution is 7.16. The molecule has 142 valence electrons. The zero-order valence-electron chi connectivity index (χ0n) is 15.1. The van der Waals surface area contributed by atoms with Crippen LogP contribution in [0.25, 0.3) is 11.0 Å². The summed E-state index contributed by atoms with van der Waals surface area (Å²) in [5.74, 6) is -0.481. The molecule has 2 bridgehead atoms. The summed E-state index contributed by atoms with van der Waals surface area (Å²) < 4.78 is 0. The lowest BCUT2D eigenvalue weighted by atomic mass is 9.97. The van der Waals surface area contributed by atoms with E-state index in [0.29, 0.717) is 22.5 Å². The van der Waals surface area contributed by atoms with Crippen molar-refractivity contribution < 1.29 is 4.79 Å². The molecule has 4 N–H and O–H groups in total. The number of nitriles is 1. The molecule has 0 radical (unpaired) electrons. The molecule has 3 atom stereocenters. The van der Waals surface area contributed by atoms with E-state index >= 15 is 0 Å². The predicted molar refractivity (Wildman–Crippen MR) is 107 cm³/mol. The molecule has 0 unspecified atom stereocenters. The van der Waals surface area contributed by atoms with Crippen molar-refractivity contribution in [3.05, 3.63) is 35.1 Å². The first-order valence-electron chi connectivity index (χ1n) is 9.30. The summed E-state index contributed by atoms with van der Waals surface area (Å²) in [4.78, 5) is 26.8. The van der Waals surface area contributed by atoms with E-state index in [2.05, 4.69) is 31.2 Å². The highest BCUT2D eigenvalue weighted by Crippen LogP contribution is 2.42. The van der Waals surface area contributed by atoms with Gasteiger partial charge in [0.05, 0.1) is 17.4 Å². The number of fused-ring (bicyclic) bond motifs is 3. The summed E-state index contributed by atoms with van der Waals surface area (Å²) in [6.45, 7) is 0. The number of piperidine rings is 1. The highest BCUT2D eigenvalue weighted by Gasteiger charge is 2.42. The van der Waals surface area contributed by atoms with Crippen molar-refractivity contribution in [3.8, 4) is 6.07 Å². The Morgan fingerprint density at radius 3 is 2.79 bits per heavy atom. The van der Waals surface area contributed by atoms with Gasteiger partial charge in [-0.05, 0) is 31.7 Å². The van der Waals surface area contributed by atoms with Crippen LogP contribution in [0, 0.1) is 11.3 Å². The first kappa shape index (κ1) is 17.0. The number of carbonyl (C=O) groups is 1. The number of hydrogen-bond acceptors (Lipinski definition) is 7. The Balaban J connectivity index is 1.41. The van der Waals surface area contributed by atoms with Crippen LogP contribution in [0.15, 0.2) is 24.7 Å². The molecule has 1 amide bonds. The van der Waals surface area contributed by atoms with Crippen molar-refractivity contribution in [2.45, 2.75) is 43.8 Å². The number of nitrogens with one attached hydrogen (secondary N) is 2. The second kappa shape index (κ2) is 6.49. The highest BCUT2D eigenvalue weighted by atomic mass is 32.1. The van der Waals surface area contributed by atoms with Crippen molar-refractivity contribution >= 4 is 39.1 Å². The first-order valence-corrected chi connectivity index (χ1v) is 10.1. The molecule has 0 aromatic carbocycles. The SMILES string of the molecule is N#Cc1cnc(N2[C@@H]3CC[C@H]2C[C@H](Nc2c(C(N)=O)cnc4[nH]ccc24)C3)s1. The van der Waals surface area contributed by atoms with Gasteiger partial charge in [-0.2, -0.15) is 5.26 Å². The van der Waals surface area contributed by atoms with Gasteiger partial charge in [0.25, 0.3) is 5.91 Å². The number of aromatic amines is 1. The summed E-state index contributed by atoms with van der Waals surface area (Å²) in [5.41, 5.74) is 7.50. The van der Waals surface area contributed by atoms with Gasteiger partial charge < -0.3 is 20.9 Å². The quantitative estimate of drug-likeness (QED) is 0.626. The molecule has 5 rings (SSSR count). The molecular weight excluding hydrogens is 374 g/mol. The number of nitrogens with zero attached hydrogens (tertiary/aromatic N) is 4. The van der Waals surface area contributed by atoms with Crippen LogP contribution in [0.3, 0.4) is 0 Å². The number of aromatic nitrogens is 3. The second-order valence-corrected chi connectivity index (χ2v) is 8.38. The smallest absolute Gasteiger partial charge is 0.252 e. The van der Waals surface area contributed by atoms with E-state index in [1.165, 1.54) is 17.5 Å². The maximum absolute atomic E-state index is 11.9. The Hall–Kier alpha value is -3.12. The Morgan fingerprint density at radius 1 is 1.32 bits per heavy atom. The molecule has 3 aromatic rings. The maximum Gasteiger partial charge on any atom is 0.252 e. The summed E-state index contributed by atoms with van der Waals surface area (Å²) >= 11 is 1.46. The van der Waals surface area contributed by atoms with Crippen molar-refractivity contribution in [2.75, 3.05) is 10.2 Å². The van der Waals surface area contributed by atoms with Gasteiger partial charge >= 0.3 is 0 Å². The van der Waals surface area contributed by atoms with E-state index in [4.69, 9.17) is 11.0 Å². The predicted octanol–water partition coefficient (Wildman–Crippen LogP) is 2.60. The van der Waals surface area contributed by atoms with Gasteiger partial charge in [0.2, 0.25) is 0 Å². The zero-order valence-corrected chi connectivity index (χ0v) is 15.9. The van der Waals surface area contributed by atoms with E-state index in [1.54, 1.807) is 6.20 Å². The van der Waals surface area contributed by atoms with Crippen molar-refractivity contribution in [1.82, 2.24) is 15.0 Å². The monoisotopic (exact) mass is 393 g/mol. The number of anilines is 2. The van der Waals surface area contributed by atoms with Gasteiger partial charge in [-0.25, -0.2) is 9.97 Å². The largest absolute Gasteiger partial charge is 0.381 e. The summed E-state index contributed by atoms with van der Waals surface area (Å²) in [6, 6.07) is 5.10. The van der Waals surface area contributed by atoms with Gasteiger partial charge in [0.15, 0.2) is 5.13 Å². The van der Waals surface area contributed by atoms with Crippen LogP contribution in [-0.4, -0.2) is 39.0 Å². The van der Waals surface area contributed by atoms with E-state index in [9.17, 15) is 4.79 Å². The molecule has 2 saturated heterocycles. The van der Waals surface area contributed by atoms with E-state index < -0.39 is 5.91 Å². The number of H-pyrrole nitrogens is 1. The number of primary amides is 1. The molecule has 5 heterocycles. The second-order valence-electron chi connectivity index (χ2n) is 7.37. The fourth-order valence-corrected chi connectivity index (χ4v) is 5.45. The molecule has 2 aliphatic heterocycles. The third-order valence-electron chi connectivity index (χ3n) is 5.76. The molecule has 0 spiro atoms. The topological polar surface area (TPSA) is 124 Å². The van der Waals surface area contributed by atoms with Crippen LogP contribution in [-0.2, 0) is 0 Å². The lowest BCUT2D eigenvalue weighted by Gasteiger charge is -2.39. The molecule has 8 nitrogen and oxygen atoms in total. The summed E-state index contributed by atoms with van der Waals surface area (Å²) in [5, 5.41) is 14.5. The Labute approximate surface area is 165 Å². The van der Waals surface area contributed by atoms with Crippen LogP contribution in [0.1, 0.15) is 40.9 Å². The molecule has 28 heavy (non-hydrogen) atoms. The minimum atomic E-state index is -0.481. The van der Waals surface area contributed by atoms with Crippen molar-refractivity contribution in [2.24, 2.45) is 5.73 Å². The van der Waals surface area contributed by atoms with Crippen LogP contribution in [0.5, 0.6) is 0 Å².